The Labute approximate surface area is 184 Å². The number of fused-ring (bicyclic) bond motifs is 1. The van der Waals surface area contributed by atoms with Crippen molar-refractivity contribution in [3.8, 4) is 17.2 Å². The number of nitriles is 1. The first kappa shape index (κ1) is 21.3. The summed E-state index contributed by atoms with van der Waals surface area (Å²) in [5.74, 6) is -2.00. The van der Waals surface area contributed by atoms with Crippen LogP contribution in [0.15, 0.2) is 46.8 Å². The minimum atomic E-state index is -0.712. The molecule has 4 rings (SSSR count). The number of benzene rings is 2. The molecule has 0 aliphatic heterocycles. The number of nitrogens with two attached hydrogens (primary N) is 1. The molecule has 9 heteroatoms. The molecule has 0 amide bonds. The molecule has 4 nitrogen and oxygen atoms in total. The summed E-state index contributed by atoms with van der Waals surface area (Å²) in [6.07, 6.45) is 2.04. The van der Waals surface area contributed by atoms with Crippen molar-refractivity contribution in [3.63, 3.8) is 0 Å². The van der Waals surface area contributed by atoms with Gasteiger partial charge in [-0.15, -0.1) is 11.3 Å². The van der Waals surface area contributed by atoms with Crippen LogP contribution in [0.2, 0.25) is 0 Å². The third-order valence-electron chi connectivity index (χ3n) is 4.69. The quantitative estimate of drug-likeness (QED) is 0.395. The van der Waals surface area contributed by atoms with E-state index >= 15 is 0 Å². The van der Waals surface area contributed by atoms with Gasteiger partial charge in [0.1, 0.15) is 23.5 Å². The zero-order valence-corrected chi connectivity index (χ0v) is 17.8. The number of aromatic nitrogens is 2. The molecular weight excluding hydrogens is 441 g/mol. The van der Waals surface area contributed by atoms with Crippen LogP contribution >= 0.6 is 23.1 Å². The predicted molar refractivity (Wildman–Crippen MR) is 116 cm³/mol. The summed E-state index contributed by atoms with van der Waals surface area (Å²) in [4.78, 5) is 9.11. The summed E-state index contributed by atoms with van der Waals surface area (Å²) in [5, 5.41) is 9.21. The Morgan fingerprint density at radius 3 is 2.52 bits per heavy atom. The van der Waals surface area contributed by atoms with Gasteiger partial charge in [0.2, 0.25) is 0 Å². The van der Waals surface area contributed by atoms with Crippen molar-refractivity contribution in [3.05, 3.63) is 76.7 Å². The average molecular weight is 457 g/mol. The van der Waals surface area contributed by atoms with Gasteiger partial charge in [0, 0.05) is 11.6 Å². The summed E-state index contributed by atoms with van der Waals surface area (Å²) in [7, 11) is 0. The Morgan fingerprint density at radius 1 is 1.10 bits per heavy atom. The molecule has 0 saturated heterocycles. The molecule has 1 atom stereocenters. The van der Waals surface area contributed by atoms with Crippen LogP contribution in [0.3, 0.4) is 0 Å². The highest BCUT2D eigenvalue weighted by Gasteiger charge is 2.20. The molecule has 2 aromatic heterocycles. The molecule has 4 aromatic rings. The van der Waals surface area contributed by atoms with E-state index in [0.29, 0.717) is 28.0 Å². The number of nitrogens with zero attached hydrogens (tertiary/aromatic N) is 3. The van der Waals surface area contributed by atoms with Crippen molar-refractivity contribution in [2.45, 2.75) is 16.8 Å². The molecule has 0 spiro atoms. The van der Waals surface area contributed by atoms with E-state index in [-0.39, 0.29) is 12.0 Å². The van der Waals surface area contributed by atoms with Gasteiger partial charge in [-0.25, -0.2) is 23.1 Å². The molecule has 31 heavy (non-hydrogen) atoms. The SMILES string of the molecule is CSc1nc2nc([C@@H](N)Cc3cc(F)cc(F)c3)c(-c3ccc(F)c(C#N)c3)cc2s1. The Bertz CT molecular complexity index is 1310. The molecule has 2 heterocycles. The van der Waals surface area contributed by atoms with E-state index in [9.17, 15) is 18.4 Å². The molecule has 2 N–H and O–H groups in total. The molecule has 0 saturated carbocycles. The smallest absolute Gasteiger partial charge is 0.171 e. The fourth-order valence-electron chi connectivity index (χ4n) is 3.32. The summed E-state index contributed by atoms with van der Waals surface area (Å²) >= 11 is 2.94. The predicted octanol–water partition coefficient (Wildman–Crippen LogP) is 5.61. The monoisotopic (exact) mass is 456 g/mol. The lowest BCUT2D eigenvalue weighted by atomic mass is 9.95. The van der Waals surface area contributed by atoms with E-state index in [1.807, 2.05) is 18.4 Å². The van der Waals surface area contributed by atoms with E-state index in [2.05, 4.69) is 9.97 Å². The van der Waals surface area contributed by atoms with Gasteiger partial charge < -0.3 is 5.73 Å². The number of hydrogen-bond donors (Lipinski definition) is 1. The lowest BCUT2D eigenvalue weighted by Gasteiger charge is -2.16. The van der Waals surface area contributed by atoms with Crippen LogP contribution in [-0.2, 0) is 6.42 Å². The van der Waals surface area contributed by atoms with E-state index in [1.54, 1.807) is 6.07 Å². The summed E-state index contributed by atoms with van der Waals surface area (Å²) in [6, 6.07) is 10.4. The van der Waals surface area contributed by atoms with Gasteiger partial charge in [-0.1, -0.05) is 17.8 Å². The van der Waals surface area contributed by atoms with Gasteiger partial charge in [0.25, 0.3) is 0 Å². The summed E-state index contributed by atoms with van der Waals surface area (Å²) in [6.45, 7) is 0. The molecule has 156 valence electrons. The maximum absolute atomic E-state index is 13.9. The van der Waals surface area contributed by atoms with Gasteiger partial charge >= 0.3 is 0 Å². The molecule has 0 bridgehead atoms. The Hall–Kier alpha value is -2.93. The van der Waals surface area contributed by atoms with Gasteiger partial charge in [0.05, 0.1) is 22.0 Å². The summed E-state index contributed by atoms with van der Waals surface area (Å²) < 4.78 is 42.7. The van der Waals surface area contributed by atoms with Gasteiger partial charge in [-0.05, 0) is 54.1 Å². The van der Waals surface area contributed by atoms with Crippen LogP contribution in [-0.4, -0.2) is 16.2 Å². The third kappa shape index (κ3) is 4.42. The molecule has 0 fully saturated rings. The highest BCUT2D eigenvalue weighted by molar-refractivity contribution is 8.00. The number of thioether (sulfide) groups is 1. The topological polar surface area (TPSA) is 75.6 Å². The van der Waals surface area contributed by atoms with Crippen molar-refractivity contribution in [1.82, 2.24) is 9.97 Å². The molecule has 0 aliphatic carbocycles. The highest BCUT2D eigenvalue weighted by atomic mass is 32.2. The van der Waals surface area contributed by atoms with Crippen molar-refractivity contribution in [2.24, 2.45) is 5.73 Å². The average Bonchev–Trinajstić information content (AvgIpc) is 3.14. The van der Waals surface area contributed by atoms with Crippen LogP contribution in [0.25, 0.3) is 21.5 Å². The zero-order chi connectivity index (χ0) is 22.1. The van der Waals surface area contributed by atoms with E-state index in [4.69, 9.17) is 5.73 Å². The standard InChI is InChI=1S/C22H15F3N4S2/c1-30-22-29-21-19(31-22)9-16(12-2-3-17(25)13(7-12)10-26)20(28-21)18(27)6-11-4-14(23)8-15(24)5-11/h2-5,7-9,18H,6,27H2,1H3/t18-/m0/s1. The van der Waals surface area contributed by atoms with Gasteiger partial charge in [-0.2, -0.15) is 5.26 Å². The number of thiazole rings is 1. The third-order valence-corrected chi connectivity index (χ3v) is 6.67. The van der Waals surface area contributed by atoms with E-state index in [0.717, 1.165) is 15.1 Å². The zero-order valence-electron chi connectivity index (χ0n) is 16.2. The van der Waals surface area contributed by atoms with Crippen molar-refractivity contribution in [1.29, 1.82) is 5.26 Å². The van der Waals surface area contributed by atoms with Crippen molar-refractivity contribution in [2.75, 3.05) is 6.26 Å². The number of pyridine rings is 1. The fourth-order valence-corrected chi connectivity index (χ4v) is 4.78. The summed E-state index contributed by atoms with van der Waals surface area (Å²) in [5.41, 5.74) is 8.86. The lowest BCUT2D eigenvalue weighted by Crippen LogP contribution is -2.16. The van der Waals surface area contributed by atoms with Crippen molar-refractivity contribution < 1.29 is 13.2 Å². The fraction of sp³-hybridized carbons (Fsp3) is 0.136. The van der Waals surface area contributed by atoms with Crippen LogP contribution in [0, 0.1) is 28.8 Å². The number of halogens is 3. The first-order chi connectivity index (χ1) is 14.9. The molecule has 0 unspecified atom stereocenters. The first-order valence-corrected chi connectivity index (χ1v) is 11.2. The minimum absolute atomic E-state index is 0.0987. The van der Waals surface area contributed by atoms with E-state index in [1.165, 1.54) is 47.4 Å². The lowest BCUT2D eigenvalue weighted by molar-refractivity contribution is 0.576. The molecule has 0 radical (unpaired) electrons. The Morgan fingerprint density at radius 2 is 1.84 bits per heavy atom. The highest BCUT2D eigenvalue weighted by Crippen LogP contribution is 2.35. The second-order valence-electron chi connectivity index (χ2n) is 6.82. The van der Waals surface area contributed by atoms with Crippen LogP contribution in [0.4, 0.5) is 13.2 Å². The van der Waals surface area contributed by atoms with Gasteiger partial charge in [-0.3, -0.25) is 0 Å². The maximum Gasteiger partial charge on any atom is 0.171 e. The van der Waals surface area contributed by atoms with Crippen molar-refractivity contribution >= 4 is 33.4 Å². The Balaban J connectivity index is 1.85. The number of hydrogen-bond acceptors (Lipinski definition) is 6. The van der Waals surface area contributed by atoms with Gasteiger partial charge in [0.15, 0.2) is 9.99 Å². The molecule has 2 aromatic carbocycles. The minimum Gasteiger partial charge on any atom is -0.322 e. The Kier molecular flexibility index (Phi) is 5.96. The van der Waals surface area contributed by atoms with Crippen LogP contribution in [0.1, 0.15) is 22.9 Å². The number of rotatable bonds is 5. The maximum atomic E-state index is 13.9. The van der Waals surface area contributed by atoms with Crippen LogP contribution in [0.5, 0.6) is 0 Å². The molecular formula is C22H15F3N4S2. The largest absolute Gasteiger partial charge is 0.322 e. The first-order valence-electron chi connectivity index (χ1n) is 9.14. The normalized spacial score (nSPS) is 12.1. The second-order valence-corrected chi connectivity index (χ2v) is 8.91. The second kappa shape index (κ2) is 8.67. The molecule has 0 aliphatic rings. The van der Waals surface area contributed by atoms with E-state index < -0.39 is 23.5 Å². The van der Waals surface area contributed by atoms with Crippen LogP contribution < -0.4 is 5.73 Å².